The highest BCUT2D eigenvalue weighted by molar-refractivity contribution is 7.16. The van der Waals surface area contributed by atoms with Crippen molar-refractivity contribution in [3.05, 3.63) is 34.8 Å². The van der Waals surface area contributed by atoms with Gasteiger partial charge in [-0.15, -0.1) is 11.3 Å². The number of nitrogens with two attached hydrogens (primary N) is 1. The molecule has 0 saturated carbocycles. The number of nitrogen functional groups attached to an aromatic ring is 1. The zero-order valence-corrected chi connectivity index (χ0v) is 10.3. The molecule has 2 N–H and O–H groups in total. The quantitative estimate of drug-likeness (QED) is 0.885. The van der Waals surface area contributed by atoms with Crippen molar-refractivity contribution in [3.8, 4) is 11.3 Å². The van der Waals surface area contributed by atoms with Gasteiger partial charge >= 0.3 is 0 Å². The second-order valence-electron chi connectivity index (χ2n) is 4.05. The molecule has 0 amide bonds. The van der Waals surface area contributed by atoms with Crippen LogP contribution in [0.4, 0.5) is 13.8 Å². The predicted molar refractivity (Wildman–Crippen MR) is 66.0 cm³/mol. The van der Waals surface area contributed by atoms with Gasteiger partial charge in [0.15, 0.2) is 11.6 Å². The number of nitrogens with zero attached hydrogens (tertiary/aromatic N) is 1. The minimum Gasteiger partial charge on any atom is -0.389 e. The van der Waals surface area contributed by atoms with Crippen molar-refractivity contribution in [3.63, 3.8) is 0 Å². The van der Waals surface area contributed by atoms with Gasteiger partial charge in [-0.05, 0) is 18.2 Å². The van der Waals surface area contributed by atoms with E-state index in [0.29, 0.717) is 16.3 Å². The summed E-state index contributed by atoms with van der Waals surface area (Å²) >= 11 is 1.38. The van der Waals surface area contributed by atoms with E-state index in [4.69, 9.17) is 5.73 Å². The third kappa shape index (κ3) is 2.29. The molecule has 2 aromatic rings. The molecule has 0 aliphatic carbocycles. The normalized spacial score (nSPS) is 11.1. The smallest absolute Gasteiger partial charge is 0.159 e. The average Bonchev–Trinajstić information content (AvgIpc) is 2.65. The van der Waals surface area contributed by atoms with Crippen molar-refractivity contribution >= 4 is 16.3 Å². The van der Waals surface area contributed by atoms with Gasteiger partial charge in [0.25, 0.3) is 0 Å². The Hall–Kier alpha value is -1.49. The van der Waals surface area contributed by atoms with Crippen LogP contribution < -0.4 is 5.73 Å². The van der Waals surface area contributed by atoms with Crippen LogP contribution in [0.2, 0.25) is 0 Å². The summed E-state index contributed by atoms with van der Waals surface area (Å²) in [6, 6.07) is 3.68. The third-order valence-electron chi connectivity index (χ3n) is 2.36. The number of anilines is 1. The lowest BCUT2D eigenvalue weighted by atomic mass is 10.1. The lowest BCUT2D eigenvalue weighted by Gasteiger charge is -2.00. The molecule has 0 bridgehead atoms. The van der Waals surface area contributed by atoms with Crippen LogP contribution in [-0.2, 0) is 0 Å². The van der Waals surface area contributed by atoms with Gasteiger partial charge in [-0.2, -0.15) is 0 Å². The number of thiazole rings is 1. The molecule has 0 unspecified atom stereocenters. The highest BCUT2D eigenvalue weighted by Crippen LogP contribution is 2.34. The SMILES string of the molecule is CC(C)c1nc(-c2ccc(F)c(F)c2)c(N)s1. The van der Waals surface area contributed by atoms with E-state index in [1.54, 1.807) is 0 Å². The van der Waals surface area contributed by atoms with E-state index in [1.165, 1.54) is 17.4 Å². The Labute approximate surface area is 102 Å². The molecular weight excluding hydrogens is 242 g/mol. The molecule has 0 fully saturated rings. The van der Waals surface area contributed by atoms with Gasteiger partial charge in [0, 0.05) is 11.5 Å². The summed E-state index contributed by atoms with van der Waals surface area (Å²) in [4.78, 5) is 4.35. The second kappa shape index (κ2) is 4.41. The Balaban J connectivity index is 2.49. The highest BCUT2D eigenvalue weighted by atomic mass is 32.1. The summed E-state index contributed by atoms with van der Waals surface area (Å²) in [5.41, 5.74) is 6.87. The summed E-state index contributed by atoms with van der Waals surface area (Å²) in [7, 11) is 0. The summed E-state index contributed by atoms with van der Waals surface area (Å²) in [6.45, 7) is 4.01. The maximum Gasteiger partial charge on any atom is 0.159 e. The molecule has 2 rings (SSSR count). The first-order chi connectivity index (χ1) is 7.99. The van der Waals surface area contributed by atoms with Gasteiger partial charge in [-0.3, -0.25) is 0 Å². The van der Waals surface area contributed by atoms with Crippen LogP contribution in [0.15, 0.2) is 18.2 Å². The Kier molecular flexibility index (Phi) is 3.11. The van der Waals surface area contributed by atoms with Crippen molar-refractivity contribution < 1.29 is 8.78 Å². The fraction of sp³-hybridized carbons (Fsp3) is 0.250. The van der Waals surface area contributed by atoms with Crippen molar-refractivity contribution in [2.75, 3.05) is 5.73 Å². The maximum atomic E-state index is 13.1. The molecule has 0 saturated heterocycles. The van der Waals surface area contributed by atoms with Gasteiger partial charge in [0.1, 0.15) is 10.7 Å². The van der Waals surface area contributed by atoms with Gasteiger partial charge in [-0.25, -0.2) is 13.8 Å². The molecule has 0 atom stereocenters. The van der Waals surface area contributed by atoms with Crippen LogP contribution >= 0.6 is 11.3 Å². The lowest BCUT2D eigenvalue weighted by Crippen LogP contribution is -1.90. The van der Waals surface area contributed by atoms with E-state index in [-0.39, 0.29) is 5.92 Å². The number of benzene rings is 1. The Morgan fingerprint density at radius 2 is 1.94 bits per heavy atom. The van der Waals surface area contributed by atoms with Gasteiger partial charge in [0.05, 0.1) is 5.01 Å². The van der Waals surface area contributed by atoms with Crippen LogP contribution in [0.5, 0.6) is 0 Å². The number of rotatable bonds is 2. The molecule has 1 heterocycles. The van der Waals surface area contributed by atoms with Crippen LogP contribution in [-0.4, -0.2) is 4.98 Å². The number of hydrogen-bond donors (Lipinski definition) is 1. The second-order valence-corrected chi connectivity index (χ2v) is 5.11. The summed E-state index contributed by atoms with van der Waals surface area (Å²) in [5.74, 6) is -1.49. The van der Waals surface area contributed by atoms with Gasteiger partial charge in [0.2, 0.25) is 0 Å². The molecule has 1 aromatic heterocycles. The van der Waals surface area contributed by atoms with Crippen LogP contribution in [0, 0.1) is 11.6 Å². The first-order valence-electron chi connectivity index (χ1n) is 5.20. The Morgan fingerprint density at radius 3 is 2.47 bits per heavy atom. The van der Waals surface area contributed by atoms with Crippen LogP contribution in [0.3, 0.4) is 0 Å². The minimum atomic E-state index is -0.888. The van der Waals surface area contributed by atoms with Gasteiger partial charge < -0.3 is 5.73 Å². The fourth-order valence-corrected chi connectivity index (χ4v) is 2.30. The first kappa shape index (κ1) is 12.0. The molecule has 1 aromatic carbocycles. The standard InChI is InChI=1S/C12H12F2N2S/c1-6(2)12-16-10(11(15)17-12)7-3-4-8(13)9(14)5-7/h3-6H,15H2,1-2H3. The van der Waals surface area contributed by atoms with E-state index in [9.17, 15) is 8.78 Å². The largest absolute Gasteiger partial charge is 0.389 e. The van der Waals surface area contributed by atoms with Crippen molar-refractivity contribution in [1.82, 2.24) is 4.98 Å². The summed E-state index contributed by atoms with van der Waals surface area (Å²) in [5, 5.41) is 1.42. The molecule has 17 heavy (non-hydrogen) atoms. The first-order valence-corrected chi connectivity index (χ1v) is 6.02. The molecule has 0 spiro atoms. The number of hydrogen-bond acceptors (Lipinski definition) is 3. The molecule has 5 heteroatoms. The van der Waals surface area contributed by atoms with E-state index in [2.05, 4.69) is 4.98 Å². The van der Waals surface area contributed by atoms with Crippen LogP contribution in [0.25, 0.3) is 11.3 Å². The molecular formula is C12H12F2N2S. The zero-order valence-electron chi connectivity index (χ0n) is 9.50. The van der Waals surface area contributed by atoms with E-state index in [0.717, 1.165) is 17.1 Å². The van der Waals surface area contributed by atoms with Crippen LogP contribution in [0.1, 0.15) is 24.8 Å². The van der Waals surface area contributed by atoms with Crippen molar-refractivity contribution in [1.29, 1.82) is 0 Å². The topological polar surface area (TPSA) is 38.9 Å². The number of aromatic nitrogens is 1. The lowest BCUT2D eigenvalue weighted by molar-refractivity contribution is 0.509. The molecule has 2 nitrogen and oxygen atoms in total. The average molecular weight is 254 g/mol. The van der Waals surface area contributed by atoms with Crippen molar-refractivity contribution in [2.24, 2.45) is 0 Å². The molecule has 90 valence electrons. The zero-order chi connectivity index (χ0) is 12.6. The fourth-order valence-electron chi connectivity index (χ4n) is 1.45. The minimum absolute atomic E-state index is 0.265. The van der Waals surface area contributed by atoms with Crippen molar-refractivity contribution in [2.45, 2.75) is 19.8 Å². The summed E-state index contributed by atoms with van der Waals surface area (Å²) in [6.07, 6.45) is 0. The number of halogens is 2. The third-order valence-corrected chi connectivity index (χ3v) is 3.54. The maximum absolute atomic E-state index is 13.1. The Morgan fingerprint density at radius 1 is 1.24 bits per heavy atom. The van der Waals surface area contributed by atoms with E-state index >= 15 is 0 Å². The highest BCUT2D eigenvalue weighted by Gasteiger charge is 2.14. The Bertz CT molecular complexity index is 549. The monoisotopic (exact) mass is 254 g/mol. The predicted octanol–water partition coefficient (Wildman–Crippen LogP) is 3.79. The van der Waals surface area contributed by atoms with E-state index in [1.807, 2.05) is 13.8 Å². The summed E-state index contributed by atoms with van der Waals surface area (Å²) < 4.78 is 25.9. The van der Waals surface area contributed by atoms with Gasteiger partial charge in [-0.1, -0.05) is 13.8 Å². The molecule has 0 aliphatic rings. The van der Waals surface area contributed by atoms with E-state index < -0.39 is 11.6 Å². The molecule has 0 aliphatic heterocycles. The molecule has 0 radical (unpaired) electrons.